The van der Waals surface area contributed by atoms with E-state index in [0.29, 0.717) is 12.0 Å². The monoisotopic (exact) mass is 230 g/mol. The zero-order chi connectivity index (χ0) is 12.5. The Morgan fingerprint density at radius 2 is 2.18 bits per heavy atom. The topological polar surface area (TPSA) is 63.2 Å². The van der Waals surface area contributed by atoms with Crippen molar-refractivity contribution >= 4 is 5.65 Å². The van der Waals surface area contributed by atoms with E-state index >= 15 is 0 Å². The van der Waals surface area contributed by atoms with E-state index in [9.17, 15) is 0 Å². The average molecular weight is 230 g/mol. The minimum Gasteiger partial charge on any atom is -0.378 e. The Hall–Kier alpha value is -1.93. The molecule has 0 bridgehead atoms. The first-order chi connectivity index (χ1) is 8.05. The fourth-order valence-electron chi connectivity index (χ4n) is 1.58. The Morgan fingerprint density at radius 3 is 2.82 bits per heavy atom. The smallest absolute Gasteiger partial charge is 0.160 e. The van der Waals surface area contributed by atoms with Crippen LogP contribution in [0.15, 0.2) is 18.3 Å². The third kappa shape index (κ3) is 2.27. The Morgan fingerprint density at radius 1 is 1.41 bits per heavy atom. The van der Waals surface area contributed by atoms with E-state index in [-0.39, 0.29) is 5.60 Å². The van der Waals surface area contributed by atoms with Gasteiger partial charge in [-0.1, -0.05) is 0 Å². The van der Waals surface area contributed by atoms with E-state index in [1.54, 1.807) is 25.4 Å². The summed E-state index contributed by atoms with van der Waals surface area (Å²) in [6, 6.07) is 5.62. The van der Waals surface area contributed by atoms with Crippen molar-refractivity contribution in [3.8, 4) is 6.07 Å². The summed E-state index contributed by atoms with van der Waals surface area (Å²) in [6.45, 7) is 3.98. The Labute approximate surface area is 99.7 Å². The first-order valence-corrected chi connectivity index (χ1v) is 5.35. The summed E-state index contributed by atoms with van der Waals surface area (Å²) in [7, 11) is 1.67. The van der Waals surface area contributed by atoms with Gasteiger partial charge in [0.1, 0.15) is 11.9 Å². The van der Waals surface area contributed by atoms with Crippen molar-refractivity contribution in [1.29, 1.82) is 5.26 Å². The molecule has 0 saturated carbocycles. The maximum Gasteiger partial charge on any atom is 0.160 e. The van der Waals surface area contributed by atoms with Gasteiger partial charge in [-0.05, 0) is 26.0 Å². The number of fused-ring (bicyclic) bond motifs is 1. The molecule has 2 rings (SSSR count). The lowest BCUT2D eigenvalue weighted by molar-refractivity contribution is 0.0214. The highest BCUT2D eigenvalue weighted by Crippen LogP contribution is 2.16. The van der Waals surface area contributed by atoms with Gasteiger partial charge in [0.2, 0.25) is 0 Å². The van der Waals surface area contributed by atoms with Crippen LogP contribution < -0.4 is 0 Å². The highest BCUT2D eigenvalue weighted by atomic mass is 16.5. The second-order valence-electron chi connectivity index (χ2n) is 4.51. The molecule has 0 aliphatic carbocycles. The average Bonchev–Trinajstić information content (AvgIpc) is 2.71. The van der Waals surface area contributed by atoms with E-state index in [2.05, 4.69) is 16.3 Å². The number of ether oxygens (including phenoxy) is 1. The zero-order valence-electron chi connectivity index (χ0n) is 10.1. The van der Waals surface area contributed by atoms with Gasteiger partial charge in [-0.15, -0.1) is 10.2 Å². The number of hydrogen-bond donors (Lipinski definition) is 0. The first kappa shape index (κ1) is 11.6. The summed E-state index contributed by atoms with van der Waals surface area (Å²) < 4.78 is 7.20. The van der Waals surface area contributed by atoms with Crippen LogP contribution in [-0.4, -0.2) is 27.3 Å². The van der Waals surface area contributed by atoms with Gasteiger partial charge >= 0.3 is 0 Å². The van der Waals surface area contributed by atoms with Gasteiger partial charge in [0.25, 0.3) is 0 Å². The molecule has 0 radical (unpaired) electrons. The van der Waals surface area contributed by atoms with Crippen LogP contribution in [0, 0.1) is 11.3 Å². The van der Waals surface area contributed by atoms with Crippen molar-refractivity contribution in [3.63, 3.8) is 0 Å². The Kier molecular flexibility index (Phi) is 2.82. The molecule has 2 aromatic rings. The van der Waals surface area contributed by atoms with Crippen LogP contribution in [0.2, 0.25) is 0 Å². The Bertz CT molecular complexity index is 580. The van der Waals surface area contributed by atoms with Crippen LogP contribution in [0.4, 0.5) is 0 Å². The minimum absolute atomic E-state index is 0.300. The van der Waals surface area contributed by atoms with Gasteiger partial charge in [0.05, 0.1) is 11.2 Å². The molecular formula is C12H14N4O. The van der Waals surface area contributed by atoms with Gasteiger partial charge < -0.3 is 4.74 Å². The molecule has 88 valence electrons. The first-order valence-electron chi connectivity index (χ1n) is 5.35. The molecule has 0 saturated heterocycles. The summed E-state index contributed by atoms with van der Waals surface area (Å²) in [6.07, 6.45) is 2.38. The quantitative estimate of drug-likeness (QED) is 0.802. The molecule has 0 aromatic carbocycles. The molecule has 0 amide bonds. The van der Waals surface area contributed by atoms with Crippen molar-refractivity contribution in [2.45, 2.75) is 25.9 Å². The van der Waals surface area contributed by atoms with E-state index in [1.165, 1.54) is 0 Å². The number of methoxy groups -OCH3 is 1. The predicted molar refractivity (Wildman–Crippen MR) is 62.5 cm³/mol. The summed E-state index contributed by atoms with van der Waals surface area (Å²) in [5.41, 5.74) is 1.03. The van der Waals surface area contributed by atoms with Crippen LogP contribution >= 0.6 is 0 Å². The fourth-order valence-corrected chi connectivity index (χ4v) is 1.58. The van der Waals surface area contributed by atoms with Crippen LogP contribution in [0.5, 0.6) is 0 Å². The van der Waals surface area contributed by atoms with Crippen molar-refractivity contribution < 1.29 is 4.74 Å². The standard InChI is InChI=1S/C12H14N4O/c1-12(2,17-3)6-11-15-14-10-5-4-9(7-13)8-16(10)11/h4-5,8H,6H2,1-3H3. The molecule has 0 N–H and O–H groups in total. The summed E-state index contributed by atoms with van der Waals surface area (Å²) in [5.74, 6) is 0.795. The van der Waals surface area contributed by atoms with E-state index in [4.69, 9.17) is 10.00 Å². The highest BCUT2D eigenvalue weighted by Gasteiger charge is 2.20. The van der Waals surface area contributed by atoms with Crippen LogP contribution in [0.25, 0.3) is 5.65 Å². The molecule has 0 spiro atoms. The van der Waals surface area contributed by atoms with E-state index in [0.717, 1.165) is 11.5 Å². The molecule has 0 atom stereocenters. The number of aromatic nitrogens is 3. The third-order valence-corrected chi connectivity index (χ3v) is 2.74. The normalized spacial score (nSPS) is 11.6. The lowest BCUT2D eigenvalue weighted by atomic mass is 10.1. The number of nitrogens with zero attached hydrogens (tertiary/aromatic N) is 4. The number of rotatable bonds is 3. The van der Waals surface area contributed by atoms with E-state index in [1.807, 2.05) is 18.2 Å². The van der Waals surface area contributed by atoms with Crippen LogP contribution in [0.1, 0.15) is 25.2 Å². The number of hydrogen-bond acceptors (Lipinski definition) is 4. The van der Waals surface area contributed by atoms with Crippen molar-refractivity contribution in [2.24, 2.45) is 0 Å². The molecule has 2 heterocycles. The van der Waals surface area contributed by atoms with Crippen molar-refractivity contribution in [3.05, 3.63) is 29.7 Å². The largest absolute Gasteiger partial charge is 0.378 e. The van der Waals surface area contributed by atoms with Gasteiger partial charge in [0.15, 0.2) is 5.65 Å². The summed E-state index contributed by atoms with van der Waals surface area (Å²) in [4.78, 5) is 0. The molecule has 0 aliphatic heterocycles. The lowest BCUT2D eigenvalue weighted by Crippen LogP contribution is -2.26. The molecule has 0 unspecified atom stereocenters. The maximum atomic E-state index is 8.88. The van der Waals surface area contributed by atoms with Gasteiger partial charge in [-0.3, -0.25) is 4.40 Å². The summed E-state index contributed by atoms with van der Waals surface area (Å²) in [5, 5.41) is 17.1. The SMILES string of the molecule is COC(C)(C)Cc1nnc2ccc(C#N)cn12. The van der Waals surface area contributed by atoms with Crippen LogP contribution in [0.3, 0.4) is 0 Å². The highest BCUT2D eigenvalue weighted by molar-refractivity contribution is 5.42. The van der Waals surface area contributed by atoms with Gasteiger partial charge in [-0.25, -0.2) is 0 Å². The van der Waals surface area contributed by atoms with Gasteiger partial charge in [0, 0.05) is 19.7 Å². The molecule has 5 nitrogen and oxygen atoms in total. The second kappa shape index (κ2) is 4.15. The lowest BCUT2D eigenvalue weighted by Gasteiger charge is -2.21. The predicted octanol–water partition coefficient (Wildman–Crippen LogP) is 1.57. The van der Waals surface area contributed by atoms with Crippen LogP contribution in [-0.2, 0) is 11.2 Å². The molecule has 17 heavy (non-hydrogen) atoms. The molecule has 2 aromatic heterocycles. The molecular weight excluding hydrogens is 216 g/mol. The van der Waals surface area contributed by atoms with Crippen molar-refractivity contribution in [2.75, 3.05) is 7.11 Å². The zero-order valence-corrected chi connectivity index (χ0v) is 10.1. The molecule has 5 heteroatoms. The van der Waals surface area contributed by atoms with Gasteiger partial charge in [-0.2, -0.15) is 5.26 Å². The molecule has 0 aliphatic rings. The minimum atomic E-state index is -0.300. The second-order valence-corrected chi connectivity index (χ2v) is 4.51. The third-order valence-electron chi connectivity index (χ3n) is 2.74. The number of pyridine rings is 1. The summed E-state index contributed by atoms with van der Waals surface area (Å²) >= 11 is 0. The van der Waals surface area contributed by atoms with Crippen molar-refractivity contribution in [1.82, 2.24) is 14.6 Å². The Balaban J connectivity index is 2.45. The fraction of sp³-hybridized carbons (Fsp3) is 0.417. The van der Waals surface area contributed by atoms with E-state index < -0.39 is 0 Å². The number of nitriles is 1. The maximum absolute atomic E-state index is 8.88. The molecule has 0 fully saturated rings.